The number of hydrogen-bond donors (Lipinski definition) is 1. The average Bonchev–Trinajstić information content (AvgIpc) is 2.85. The molecule has 1 heterocycles. The van der Waals surface area contributed by atoms with Crippen LogP contribution < -0.4 is 10.2 Å². The molecule has 1 aliphatic heterocycles. The molecule has 1 aromatic carbocycles. The number of hydrogen-bond acceptors (Lipinski definition) is 2. The smallest absolute Gasteiger partial charge is 0.0423 e. The fourth-order valence-electron chi connectivity index (χ4n) is 2.68. The highest BCUT2D eigenvalue weighted by Crippen LogP contribution is 2.30. The van der Waals surface area contributed by atoms with Crippen LogP contribution in [0, 0.1) is 5.92 Å². The van der Waals surface area contributed by atoms with Crippen LogP contribution in [0.3, 0.4) is 0 Å². The molecule has 0 radical (unpaired) electrons. The van der Waals surface area contributed by atoms with Crippen LogP contribution >= 0.6 is 15.9 Å². The molecule has 2 nitrogen and oxygen atoms in total. The SMILES string of the molecule is CCC1CCN(c2cc(Br)ccc2CNC(C)C)C1. The van der Waals surface area contributed by atoms with Crippen LogP contribution in [-0.2, 0) is 6.54 Å². The van der Waals surface area contributed by atoms with Gasteiger partial charge in [-0.05, 0) is 30.0 Å². The third-order valence-corrected chi connectivity index (χ3v) is 4.45. The lowest BCUT2D eigenvalue weighted by Gasteiger charge is -2.23. The number of rotatable bonds is 5. The van der Waals surface area contributed by atoms with Crippen molar-refractivity contribution >= 4 is 21.6 Å². The highest BCUT2D eigenvalue weighted by Gasteiger charge is 2.22. The summed E-state index contributed by atoms with van der Waals surface area (Å²) in [5.74, 6) is 0.866. The van der Waals surface area contributed by atoms with Gasteiger partial charge in [-0.2, -0.15) is 0 Å². The molecule has 0 spiro atoms. The van der Waals surface area contributed by atoms with E-state index in [1.54, 1.807) is 0 Å². The standard InChI is InChI=1S/C16H25BrN2/c1-4-13-7-8-19(11-13)16-9-15(17)6-5-14(16)10-18-12(2)3/h5-6,9,12-13,18H,4,7-8,10-11H2,1-3H3. The van der Waals surface area contributed by atoms with Crippen LogP contribution in [0.1, 0.15) is 39.2 Å². The van der Waals surface area contributed by atoms with E-state index in [0.717, 1.165) is 12.5 Å². The summed E-state index contributed by atoms with van der Waals surface area (Å²) in [6, 6.07) is 7.19. The van der Waals surface area contributed by atoms with Crippen LogP contribution in [0.15, 0.2) is 22.7 Å². The summed E-state index contributed by atoms with van der Waals surface area (Å²) < 4.78 is 1.18. The van der Waals surface area contributed by atoms with Gasteiger partial charge in [-0.3, -0.25) is 0 Å². The first-order valence-corrected chi connectivity index (χ1v) is 8.16. The number of nitrogens with zero attached hydrogens (tertiary/aromatic N) is 1. The first-order valence-electron chi connectivity index (χ1n) is 7.37. The Balaban J connectivity index is 2.15. The second kappa shape index (κ2) is 6.76. The highest BCUT2D eigenvalue weighted by atomic mass is 79.9. The predicted octanol–water partition coefficient (Wildman–Crippen LogP) is 4.18. The van der Waals surface area contributed by atoms with E-state index < -0.39 is 0 Å². The Hall–Kier alpha value is -0.540. The summed E-state index contributed by atoms with van der Waals surface area (Å²) in [6.45, 7) is 10.1. The minimum absolute atomic E-state index is 0.526. The van der Waals surface area contributed by atoms with E-state index in [0.29, 0.717) is 6.04 Å². The van der Waals surface area contributed by atoms with Crippen LogP contribution in [0.25, 0.3) is 0 Å². The van der Waals surface area contributed by atoms with Gasteiger partial charge in [0.1, 0.15) is 0 Å². The monoisotopic (exact) mass is 324 g/mol. The molecule has 19 heavy (non-hydrogen) atoms. The highest BCUT2D eigenvalue weighted by molar-refractivity contribution is 9.10. The van der Waals surface area contributed by atoms with E-state index in [1.165, 1.54) is 41.7 Å². The molecular weight excluding hydrogens is 300 g/mol. The van der Waals surface area contributed by atoms with Gasteiger partial charge in [0.25, 0.3) is 0 Å². The summed E-state index contributed by atoms with van der Waals surface area (Å²) in [5, 5.41) is 3.53. The normalized spacial score (nSPS) is 19.4. The molecule has 2 rings (SSSR count). The van der Waals surface area contributed by atoms with Gasteiger partial charge in [0.15, 0.2) is 0 Å². The lowest BCUT2D eigenvalue weighted by atomic mass is 10.1. The zero-order chi connectivity index (χ0) is 13.8. The number of halogens is 1. The van der Waals surface area contributed by atoms with Gasteiger partial charge in [0.05, 0.1) is 0 Å². The van der Waals surface area contributed by atoms with Crippen LogP contribution in [0.4, 0.5) is 5.69 Å². The maximum atomic E-state index is 3.61. The summed E-state index contributed by atoms with van der Waals surface area (Å²) in [7, 11) is 0. The molecule has 0 amide bonds. The summed E-state index contributed by atoms with van der Waals surface area (Å²) in [4.78, 5) is 2.55. The van der Waals surface area contributed by atoms with Crippen LogP contribution in [0.2, 0.25) is 0 Å². The number of anilines is 1. The quantitative estimate of drug-likeness (QED) is 0.873. The van der Waals surface area contributed by atoms with Crippen molar-refractivity contribution in [2.75, 3.05) is 18.0 Å². The van der Waals surface area contributed by atoms with Crippen molar-refractivity contribution in [1.82, 2.24) is 5.32 Å². The van der Waals surface area contributed by atoms with Gasteiger partial charge in [-0.1, -0.05) is 49.2 Å². The molecular formula is C16H25BrN2. The largest absolute Gasteiger partial charge is 0.371 e. The van der Waals surface area contributed by atoms with Crippen molar-refractivity contribution in [2.45, 2.75) is 46.2 Å². The molecule has 1 saturated heterocycles. The van der Waals surface area contributed by atoms with E-state index in [1.807, 2.05) is 0 Å². The molecule has 0 aliphatic carbocycles. The molecule has 1 atom stereocenters. The first-order chi connectivity index (χ1) is 9.10. The maximum Gasteiger partial charge on any atom is 0.0423 e. The van der Waals surface area contributed by atoms with Gasteiger partial charge in [-0.25, -0.2) is 0 Å². The van der Waals surface area contributed by atoms with Crippen molar-refractivity contribution < 1.29 is 0 Å². The molecule has 1 aliphatic rings. The van der Waals surface area contributed by atoms with Crippen molar-refractivity contribution in [3.05, 3.63) is 28.2 Å². The van der Waals surface area contributed by atoms with Gasteiger partial charge >= 0.3 is 0 Å². The Morgan fingerprint density at radius 3 is 2.84 bits per heavy atom. The number of nitrogens with one attached hydrogen (secondary N) is 1. The van der Waals surface area contributed by atoms with Crippen molar-refractivity contribution in [1.29, 1.82) is 0 Å². The maximum absolute atomic E-state index is 3.61. The van der Waals surface area contributed by atoms with Gasteiger partial charge in [0.2, 0.25) is 0 Å². The van der Waals surface area contributed by atoms with E-state index >= 15 is 0 Å². The molecule has 0 bridgehead atoms. The van der Waals surface area contributed by atoms with E-state index in [4.69, 9.17) is 0 Å². The summed E-state index contributed by atoms with van der Waals surface area (Å²) in [6.07, 6.45) is 2.63. The van der Waals surface area contributed by atoms with Gasteiger partial charge < -0.3 is 10.2 Å². The molecule has 0 saturated carbocycles. The molecule has 1 aromatic rings. The van der Waals surface area contributed by atoms with Crippen molar-refractivity contribution in [2.24, 2.45) is 5.92 Å². The Morgan fingerprint density at radius 1 is 1.42 bits per heavy atom. The molecule has 0 aromatic heterocycles. The van der Waals surface area contributed by atoms with Crippen LogP contribution in [0.5, 0.6) is 0 Å². The van der Waals surface area contributed by atoms with Crippen molar-refractivity contribution in [3.8, 4) is 0 Å². The third kappa shape index (κ3) is 3.96. The van der Waals surface area contributed by atoms with Crippen molar-refractivity contribution in [3.63, 3.8) is 0 Å². The second-order valence-corrected chi connectivity index (χ2v) is 6.73. The molecule has 1 fully saturated rings. The molecule has 1 N–H and O–H groups in total. The second-order valence-electron chi connectivity index (χ2n) is 5.82. The Kier molecular flexibility index (Phi) is 5.28. The lowest BCUT2D eigenvalue weighted by molar-refractivity contribution is 0.568. The fourth-order valence-corrected chi connectivity index (χ4v) is 3.03. The van der Waals surface area contributed by atoms with Gasteiger partial charge in [-0.15, -0.1) is 0 Å². The topological polar surface area (TPSA) is 15.3 Å². The minimum Gasteiger partial charge on any atom is -0.371 e. The number of benzene rings is 1. The third-order valence-electron chi connectivity index (χ3n) is 3.95. The molecule has 3 heteroatoms. The predicted molar refractivity (Wildman–Crippen MR) is 86.7 cm³/mol. The summed E-state index contributed by atoms with van der Waals surface area (Å²) in [5.41, 5.74) is 2.81. The Morgan fingerprint density at radius 2 is 2.21 bits per heavy atom. The van der Waals surface area contributed by atoms with Gasteiger partial charge in [0, 0.05) is 35.8 Å². The first kappa shape index (κ1) is 14.9. The zero-order valence-electron chi connectivity index (χ0n) is 12.2. The Labute approximate surface area is 125 Å². The lowest BCUT2D eigenvalue weighted by Crippen LogP contribution is -2.25. The molecule has 1 unspecified atom stereocenters. The van der Waals surface area contributed by atoms with Crippen LogP contribution in [-0.4, -0.2) is 19.1 Å². The average molecular weight is 325 g/mol. The zero-order valence-corrected chi connectivity index (χ0v) is 13.8. The summed E-state index contributed by atoms with van der Waals surface area (Å²) >= 11 is 3.61. The van der Waals surface area contributed by atoms with E-state index in [-0.39, 0.29) is 0 Å². The fraction of sp³-hybridized carbons (Fsp3) is 0.625. The molecule has 106 valence electrons. The van der Waals surface area contributed by atoms with E-state index in [2.05, 4.69) is 65.1 Å². The van der Waals surface area contributed by atoms with E-state index in [9.17, 15) is 0 Å². The minimum atomic E-state index is 0.526. The Bertz CT molecular complexity index is 417.